The third kappa shape index (κ3) is 11.6. The zero-order valence-electron chi connectivity index (χ0n) is 27.5. The molecule has 5 amide bonds. The van der Waals surface area contributed by atoms with Gasteiger partial charge in [-0.05, 0) is 75.7 Å². The fraction of sp³-hybridized carbons (Fsp3) is 0.514. The number of benzene rings is 2. The molecule has 1 aliphatic heterocycles. The van der Waals surface area contributed by atoms with Crippen molar-refractivity contribution in [3.63, 3.8) is 0 Å². The molecule has 0 spiro atoms. The molecule has 1 fully saturated rings. The quantitative estimate of drug-likeness (QED) is 0.169. The second kappa shape index (κ2) is 18.7. The maximum absolute atomic E-state index is 14.0. The van der Waals surface area contributed by atoms with Gasteiger partial charge in [0, 0.05) is 25.6 Å². The molecule has 3 rings (SSSR count). The minimum atomic E-state index is -0.883. The van der Waals surface area contributed by atoms with Crippen LogP contribution in [-0.4, -0.2) is 78.7 Å². The van der Waals surface area contributed by atoms with Gasteiger partial charge in [0.15, 0.2) is 0 Å². The van der Waals surface area contributed by atoms with Crippen LogP contribution in [0.25, 0.3) is 0 Å². The lowest BCUT2D eigenvalue weighted by atomic mass is 10.00. The van der Waals surface area contributed by atoms with Crippen molar-refractivity contribution >= 4 is 35.2 Å². The molecule has 2 aromatic carbocycles. The largest absolute Gasteiger partial charge is 0.344 e. The Hall–Kier alpha value is -4.25. The molecular weight excluding hydrogens is 584 g/mol. The molecule has 0 aromatic heterocycles. The number of amides is 5. The van der Waals surface area contributed by atoms with Gasteiger partial charge in [-0.15, -0.1) is 0 Å². The zero-order chi connectivity index (χ0) is 33.5. The summed E-state index contributed by atoms with van der Waals surface area (Å²) in [6.45, 7) is 6.43. The lowest BCUT2D eigenvalue weighted by Gasteiger charge is -2.31. The molecule has 0 unspecified atom stereocenters. The lowest BCUT2D eigenvalue weighted by Crippen LogP contribution is -2.58. The number of nitrogens with zero attached hydrogens (tertiary/aromatic N) is 1. The number of unbranched alkanes of at least 4 members (excludes halogenated alkanes) is 1. The Balaban J connectivity index is 1.74. The van der Waals surface area contributed by atoms with Gasteiger partial charge in [-0.25, -0.2) is 0 Å². The van der Waals surface area contributed by atoms with Crippen molar-refractivity contribution in [2.24, 2.45) is 5.92 Å². The number of likely N-dealkylation sites (tertiary alicyclic amines) is 1. The minimum absolute atomic E-state index is 0.0705. The van der Waals surface area contributed by atoms with E-state index < -0.39 is 30.1 Å². The molecular formula is C35H50N6O5. The molecule has 250 valence electrons. The van der Waals surface area contributed by atoms with Crippen molar-refractivity contribution in [3.8, 4) is 0 Å². The molecule has 11 heteroatoms. The standard InChI is InChI=1S/C35H50N6O5/c1-24(2)22-30(40-33(44)29(37-25(3)42)23-26-14-7-5-8-15-26)35(46)41-21-13-19-31(41)34(45)39-28(18-11-12-20-36-4)32(43)38-27-16-9-6-10-17-27/h5-10,14-17,24,28-31,36H,11-13,18-23H2,1-4H3,(H,37,42)(H,38,43)(H,39,45)(H,40,44)/t28-,29-,30-,31-/m0/s1. The van der Waals surface area contributed by atoms with Gasteiger partial charge in [-0.2, -0.15) is 0 Å². The number of anilines is 1. The Labute approximate surface area is 272 Å². The van der Waals surface area contributed by atoms with Crippen LogP contribution in [0.15, 0.2) is 60.7 Å². The van der Waals surface area contributed by atoms with Gasteiger partial charge in [-0.3, -0.25) is 24.0 Å². The summed E-state index contributed by atoms with van der Waals surface area (Å²) < 4.78 is 0. The molecule has 4 atom stereocenters. The van der Waals surface area contributed by atoms with Gasteiger partial charge in [0.2, 0.25) is 29.5 Å². The number of rotatable bonds is 17. The normalized spacial score (nSPS) is 16.3. The Bertz CT molecular complexity index is 1290. The fourth-order valence-corrected chi connectivity index (χ4v) is 5.71. The van der Waals surface area contributed by atoms with E-state index in [0.29, 0.717) is 37.9 Å². The van der Waals surface area contributed by atoms with E-state index in [4.69, 9.17) is 0 Å². The first-order valence-corrected chi connectivity index (χ1v) is 16.3. The van der Waals surface area contributed by atoms with Crippen LogP contribution in [-0.2, 0) is 30.4 Å². The van der Waals surface area contributed by atoms with E-state index in [0.717, 1.165) is 24.9 Å². The van der Waals surface area contributed by atoms with E-state index in [-0.39, 0.29) is 36.0 Å². The first-order chi connectivity index (χ1) is 22.1. The molecule has 0 aliphatic carbocycles. The summed E-state index contributed by atoms with van der Waals surface area (Å²) in [5.41, 5.74) is 1.51. The van der Waals surface area contributed by atoms with E-state index in [1.54, 1.807) is 12.1 Å². The van der Waals surface area contributed by atoms with Crippen LogP contribution >= 0.6 is 0 Å². The van der Waals surface area contributed by atoms with Crippen LogP contribution in [0, 0.1) is 5.92 Å². The van der Waals surface area contributed by atoms with Gasteiger partial charge < -0.3 is 31.5 Å². The van der Waals surface area contributed by atoms with Gasteiger partial charge in [-0.1, -0.05) is 62.4 Å². The molecule has 1 aliphatic rings. The van der Waals surface area contributed by atoms with Crippen molar-refractivity contribution in [2.75, 3.05) is 25.5 Å². The predicted molar refractivity (Wildman–Crippen MR) is 179 cm³/mol. The average molecular weight is 635 g/mol. The summed E-state index contributed by atoms with van der Waals surface area (Å²) in [6, 6.07) is 15.1. The highest BCUT2D eigenvalue weighted by molar-refractivity contribution is 5.99. The van der Waals surface area contributed by atoms with E-state index in [9.17, 15) is 24.0 Å². The van der Waals surface area contributed by atoms with Crippen LogP contribution in [0.3, 0.4) is 0 Å². The highest BCUT2D eigenvalue weighted by atomic mass is 16.2. The Morgan fingerprint density at radius 1 is 0.826 bits per heavy atom. The van der Waals surface area contributed by atoms with E-state index >= 15 is 0 Å². The Morgan fingerprint density at radius 2 is 1.50 bits per heavy atom. The third-order valence-corrected chi connectivity index (χ3v) is 7.98. The number of carbonyl (C=O) groups excluding carboxylic acids is 5. The summed E-state index contributed by atoms with van der Waals surface area (Å²) in [6.07, 6.45) is 3.72. The number of para-hydroxylation sites is 1. The molecule has 1 heterocycles. The second-order valence-corrected chi connectivity index (χ2v) is 12.3. The topological polar surface area (TPSA) is 149 Å². The van der Waals surface area contributed by atoms with Crippen molar-refractivity contribution in [1.82, 2.24) is 26.2 Å². The fourth-order valence-electron chi connectivity index (χ4n) is 5.71. The molecule has 5 N–H and O–H groups in total. The summed E-state index contributed by atoms with van der Waals surface area (Å²) >= 11 is 0. The van der Waals surface area contributed by atoms with Gasteiger partial charge in [0.05, 0.1) is 0 Å². The smallest absolute Gasteiger partial charge is 0.246 e. The molecule has 2 aromatic rings. The zero-order valence-corrected chi connectivity index (χ0v) is 27.5. The Kier molecular flexibility index (Phi) is 14.7. The van der Waals surface area contributed by atoms with Crippen molar-refractivity contribution < 1.29 is 24.0 Å². The highest BCUT2D eigenvalue weighted by Gasteiger charge is 2.39. The van der Waals surface area contributed by atoms with Crippen molar-refractivity contribution in [3.05, 3.63) is 66.2 Å². The number of hydrogen-bond donors (Lipinski definition) is 5. The summed E-state index contributed by atoms with van der Waals surface area (Å²) in [7, 11) is 1.87. The van der Waals surface area contributed by atoms with E-state index in [1.807, 2.05) is 69.4 Å². The number of carbonyl (C=O) groups is 5. The monoisotopic (exact) mass is 634 g/mol. The maximum atomic E-state index is 14.0. The molecule has 46 heavy (non-hydrogen) atoms. The van der Waals surface area contributed by atoms with E-state index in [1.165, 1.54) is 11.8 Å². The van der Waals surface area contributed by atoms with Crippen LogP contribution in [0.1, 0.15) is 64.9 Å². The first kappa shape index (κ1) is 36.2. The maximum Gasteiger partial charge on any atom is 0.246 e. The molecule has 1 saturated heterocycles. The van der Waals surface area contributed by atoms with Gasteiger partial charge in [0.25, 0.3) is 0 Å². The Morgan fingerprint density at radius 3 is 2.13 bits per heavy atom. The summed E-state index contributed by atoms with van der Waals surface area (Å²) in [5.74, 6) is -1.79. The second-order valence-electron chi connectivity index (χ2n) is 12.3. The SMILES string of the molecule is CNCCCC[C@H](NC(=O)[C@@H]1CCCN1C(=O)[C@H](CC(C)C)NC(=O)[C@H](Cc1ccccc1)NC(C)=O)C(=O)Nc1ccccc1. The van der Waals surface area contributed by atoms with Crippen LogP contribution in [0.5, 0.6) is 0 Å². The summed E-state index contributed by atoms with van der Waals surface area (Å²) in [5, 5.41) is 14.5. The van der Waals surface area contributed by atoms with Crippen molar-refractivity contribution in [2.45, 2.75) is 89.9 Å². The summed E-state index contributed by atoms with van der Waals surface area (Å²) in [4.78, 5) is 67.9. The molecule has 0 radical (unpaired) electrons. The molecule has 0 saturated carbocycles. The lowest BCUT2D eigenvalue weighted by molar-refractivity contribution is -0.142. The van der Waals surface area contributed by atoms with Crippen LogP contribution < -0.4 is 26.6 Å². The first-order valence-electron chi connectivity index (χ1n) is 16.3. The number of nitrogens with one attached hydrogen (secondary N) is 5. The minimum Gasteiger partial charge on any atom is -0.344 e. The third-order valence-electron chi connectivity index (χ3n) is 7.98. The van der Waals surface area contributed by atoms with Crippen LogP contribution in [0.2, 0.25) is 0 Å². The average Bonchev–Trinajstić information content (AvgIpc) is 3.52. The van der Waals surface area contributed by atoms with E-state index in [2.05, 4.69) is 26.6 Å². The predicted octanol–water partition coefficient (Wildman–Crippen LogP) is 2.77. The van der Waals surface area contributed by atoms with Crippen molar-refractivity contribution in [1.29, 1.82) is 0 Å². The van der Waals surface area contributed by atoms with Gasteiger partial charge >= 0.3 is 0 Å². The highest BCUT2D eigenvalue weighted by Crippen LogP contribution is 2.21. The van der Waals surface area contributed by atoms with Crippen LogP contribution in [0.4, 0.5) is 5.69 Å². The number of hydrogen-bond acceptors (Lipinski definition) is 6. The molecule has 0 bridgehead atoms. The molecule has 11 nitrogen and oxygen atoms in total. The van der Waals surface area contributed by atoms with Gasteiger partial charge in [0.1, 0.15) is 24.2 Å².